The first kappa shape index (κ1) is 19.2. The molecule has 1 amide bonds. The van der Waals surface area contributed by atoms with Gasteiger partial charge in [0.25, 0.3) is 0 Å². The Morgan fingerprint density at radius 1 is 1.17 bits per heavy atom. The summed E-state index contributed by atoms with van der Waals surface area (Å²) >= 11 is 0. The molecule has 3 aromatic rings. The van der Waals surface area contributed by atoms with Crippen molar-refractivity contribution >= 4 is 22.8 Å². The highest BCUT2D eigenvalue weighted by molar-refractivity contribution is 5.87. The van der Waals surface area contributed by atoms with Crippen molar-refractivity contribution < 1.29 is 19.1 Å². The highest BCUT2D eigenvalue weighted by atomic mass is 19.1. The van der Waals surface area contributed by atoms with Crippen LogP contribution in [0.1, 0.15) is 29.7 Å². The Labute approximate surface area is 168 Å². The number of hydrogen-bond acceptors (Lipinski definition) is 2. The van der Waals surface area contributed by atoms with Gasteiger partial charge in [-0.15, -0.1) is 0 Å². The maximum atomic E-state index is 13.9. The third-order valence-electron chi connectivity index (χ3n) is 5.57. The van der Waals surface area contributed by atoms with Gasteiger partial charge in [0.15, 0.2) is 0 Å². The summed E-state index contributed by atoms with van der Waals surface area (Å²) in [5.74, 6) is -1.27. The van der Waals surface area contributed by atoms with Crippen molar-refractivity contribution in [2.75, 3.05) is 0 Å². The van der Waals surface area contributed by atoms with Gasteiger partial charge < -0.3 is 15.0 Å². The predicted octanol–water partition coefficient (Wildman–Crippen LogP) is 3.47. The van der Waals surface area contributed by atoms with E-state index < -0.39 is 5.97 Å². The smallest absolute Gasteiger partial charge is 0.323 e. The molecule has 150 valence electrons. The molecule has 0 saturated heterocycles. The van der Waals surface area contributed by atoms with Gasteiger partial charge in [0.1, 0.15) is 12.4 Å². The second-order valence-corrected chi connectivity index (χ2v) is 7.56. The van der Waals surface area contributed by atoms with Crippen molar-refractivity contribution in [3.63, 3.8) is 0 Å². The number of amides is 1. The number of hydrogen-bond donors (Lipinski definition) is 2. The second-order valence-electron chi connectivity index (χ2n) is 7.56. The Hall–Kier alpha value is -3.15. The van der Waals surface area contributed by atoms with Gasteiger partial charge in [0.05, 0.1) is 0 Å². The van der Waals surface area contributed by atoms with Gasteiger partial charge in [-0.2, -0.15) is 0 Å². The van der Waals surface area contributed by atoms with Gasteiger partial charge in [-0.3, -0.25) is 9.59 Å². The minimum absolute atomic E-state index is 0.00255. The Morgan fingerprint density at radius 3 is 2.72 bits per heavy atom. The van der Waals surface area contributed by atoms with Gasteiger partial charge in [-0.05, 0) is 55.0 Å². The Balaban J connectivity index is 1.50. The number of carboxylic acids is 1. The maximum absolute atomic E-state index is 13.9. The molecule has 4 rings (SSSR count). The van der Waals surface area contributed by atoms with E-state index in [0.29, 0.717) is 25.7 Å². The van der Waals surface area contributed by atoms with Crippen LogP contribution in [-0.2, 0) is 35.4 Å². The number of benzene rings is 2. The van der Waals surface area contributed by atoms with Crippen molar-refractivity contribution in [3.8, 4) is 0 Å². The quantitative estimate of drug-likeness (QED) is 0.673. The first-order valence-electron chi connectivity index (χ1n) is 9.86. The molecule has 2 N–H and O–H groups in total. The number of aromatic nitrogens is 1. The third-order valence-corrected chi connectivity index (χ3v) is 5.57. The molecule has 6 heteroatoms. The Kier molecular flexibility index (Phi) is 5.34. The molecule has 1 heterocycles. The van der Waals surface area contributed by atoms with Crippen LogP contribution in [0.4, 0.5) is 4.39 Å². The SMILES string of the molecule is O=C(O)Cn1c2c(c3cc(F)ccc31)CC(NC(=O)CCc1ccccc1)CC2. The van der Waals surface area contributed by atoms with E-state index >= 15 is 0 Å². The Bertz CT molecular complexity index is 1060. The lowest BCUT2D eigenvalue weighted by Gasteiger charge is -2.25. The highest BCUT2D eigenvalue weighted by Gasteiger charge is 2.27. The highest BCUT2D eigenvalue weighted by Crippen LogP contribution is 2.33. The number of rotatable bonds is 6. The van der Waals surface area contributed by atoms with Crippen LogP contribution < -0.4 is 5.32 Å². The van der Waals surface area contributed by atoms with E-state index in [-0.39, 0.29) is 24.3 Å². The molecular formula is C23H23FN2O3. The van der Waals surface area contributed by atoms with Crippen molar-refractivity contribution in [2.24, 2.45) is 0 Å². The summed E-state index contributed by atoms with van der Waals surface area (Å²) in [6.45, 7) is -0.147. The van der Waals surface area contributed by atoms with Gasteiger partial charge in [-0.25, -0.2) is 4.39 Å². The lowest BCUT2D eigenvalue weighted by molar-refractivity contribution is -0.137. The fraction of sp³-hybridized carbons (Fsp3) is 0.304. The fourth-order valence-corrected chi connectivity index (χ4v) is 4.26. The second kappa shape index (κ2) is 8.07. The number of halogens is 1. The van der Waals surface area contributed by atoms with Crippen LogP contribution in [0, 0.1) is 5.82 Å². The summed E-state index contributed by atoms with van der Waals surface area (Å²) in [6, 6.07) is 14.3. The van der Waals surface area contributed by atoms with Crippen LogP contribution in [-0.4, -0.2) is 27.6 Å². The number of carbonyl (C=O) groups is 2. The van der Waals surface area contributed by atoms with E-state index in [0.717, 1.165) is 34.1 Å². The number of carboxylic acid groups (broad SMARTS) is 1. The molecule has 29 heavy (non-hydrogen) atoms. The van der Waals surface area contributed by atoms with Crippen molar-refractivity contribution in [1.82, 2.24) is 9.88 Å². The van der Waals surface area contributed by atoms with E-state index in [9.17, 15) is 19.1 Å². The van der Waals surface area contributed by atoms with Gasteiger partial charge in [-0.1, -0.05) is 30.3 Å². The fourth-order valence-electron chi connectivity index (χ4n) is 4.26. The van der Waals surface area contributed by atoms with Crippen LogP contribution in [0.25, 0.3) is 10.9 Å². The molecule has 0 aliphatic heterocycles. The average Bonchev–Trinajstić information content (AvgIpc) is 2.99. The molecule has 2 aromatic carbocycles. The van der Waals surface area contributed by atoms with Crippen LogP contribution in [0.5, 0.6) is 0 Å². The molecule has 1 unspecified atom stereocenters. The van der Waals surface area contributed by atoms with E-state index in [4.69, 9.17) is 0 Å². The Morgan fingerprint density at radius 2 is 1.97 bits per heavy atom. The number of aliphatic carboxylic acids is 1. The van der Waals surface area contributed by atoms with Gasteiger partial charge in [0, 0.05) is 29.1 Å². The summed E-state index contributed by atoms with van der Waals surface area (Å²) in [5, 5.41) is 13.1. The first-order chi connectivity index (χ1) is 14.0. The zero-order valence-corrected chi connectivity index (χ0v) is 16.0. The third kappa shape index (κ3) is 4.16. The largest absolute Gasteiger partial charge is 0.480 e. The number of aryl methyl sites for hydroxylation is 1. The van der Waals surface area contributed by atoms with Gasteiger partial charge in [0.2, 0.25) is 5.91 Å². The molecule has 1 aliphatic rings. The summed E-state index contributed by atoms with van der Waals surface area (Å²) in [6.07, 6.45) is 3.08. The molecule has 5 nitrogen and oxygen atoms in total. The molecule has 0 bridgehead atoms. The maximum Gasteiger partial charge on any atom is 0.323 e. The zero-order valence-electron chi connectivity index (χ0n) is 16.0. The van der Waals surface area contributed by atoms with Crippen LogP contribution in [0.3, 0.4) is 0 Å². The van der Waals surface area contributed by atoms with Crippen LogP contribution >= 0.6 is 0 Å². The van der Waals surface area contributed by atoms with Gasteiger partial charge >= 0.3 is 5.97 Å². The van der Waals surface area contributed by atoms with E-state index in [1.807, 2.05) is 30.3 Å². The normalized spacial score (nSPS) is 15.8. The minimum atomic E-state index is -0.926. The van der Waals surface area contributed by atoms with Crippen LogP contribution in [0.2, 0.25) is 0 Å². The number of nitrogens with one attached hydrogen (secondary N) is 1. The molecule has 1 aromatic heterocycles. The van der Waals surface area contributed by atoms with Crippen molar-refractivity contribution in [3.05, 3.63) is 71.2 Å². The summed E-state index contributed by atoms with van der Waals surface area (Å²) in [5.41, 5.74) is 3.73. The molecular weight excluding hydrogens is 371 g/mol. The summed E-state index contributed by atoms with van der Waals surface area (Å²) < 4.78 is 15.6. The van der Waals surface area contributed by atoms with E-state index in [2.05, 4.69) is 5.32 Å². The number of nitrogens with zero attached hydrogens (tertiary/aromatic N) is 1. The molecule has 0 saturated carbocycles. The topological polar surface area (TPSA) is 71.3 Å². The standard InChI is InChI=1S/C23H23FN2O3/c24-16-7-9-20-18(12-16)19-13-17(8-10-21(19)26(20)14-23(28)29)25-22(27)11-6-15-4-2-1-3-5-15/h1-5,7,9,12,17H,6,8,10-11,13-14H2,(H,25,27)(H,28,29). The monoisotopic (exact) mass is 394 g/mol. The lowest BCUT2D eigenvalue weighted by Crippen LogP contribution is -2.39. The zero-order chi connectivity index (χ0) is 20.4. The molecule has 0 spiro atoms. The first-order valence-corrected chi connectivity index (χ1v) is 9.86. The van der Waals surface area contributed by atoms with E-state index in [1.54, 1.807) is 10.6 Å². The summed E-state index contributed by atoms with van der Waals surface area (Å²) in [7, 11) is 0. The van der Waals surface area contributed by atoms with Crippen molar-refractivity contribution in [2.45, 2.75) is 44.7 Å². The molecule has 1 atom stereocenters. The lowest BCUT2D eigenvalue weighted by atomic mass is 9.91. The average molecular weight is 394 g/mol. The number of carbonyl (C=O) groups excluding carboxylic acids is 1. The van der Waals surface area contributed by atoms with E-state index in [1.165, 1.54) is 12.1 Å². The molecule has 0 fully saturated rings. The predicted molar refractivity (Wildman–Crippen MR) is 108 cm³/mol. The molecule has 0 radical (unpaired) electrons. The number of fused-ring (bicyclic) bond motifs is 3. The van der Waals surface area contributed by atoms with Crippen LogP contribution in [0.15, 0.2) is 48.5 Å². The summed E-state index contributed by atoms with van der Waals surface area (Å²) in [4.78, 5) is 23.7. The van der Waals surface area contributed by atoms with Crippen molar-refractivity contribution in [1.29, 1.82) is 0 Å². The molecule has 1 aliphatic carbocycles. The minimum Gasteiger partial charge on any atom is -0.480 e.